The van der Waals surface area contributed by atoms with E-state index in [1.54, 1.807) is 0 Å². The van der Waals surface area contributed by atoms with Gasteiger partial charge in [-0.1, -0.05) is 56.5 Å². The summed E-state index contributed by atoms with van der Waals surface area (Å²) in [6, 6.07) is 10.1. The number of nitrogens with one attached hydrogen (secondary N) is 1. The third kappa shape index (κ3) is 4.06. The van der Waals surface area contributed by atoms with E-state index in [-0.39, 0.29) is 6.61 Å². The second kappa shape index (κ2) is 7.92. The van der Waals surface area contributed by atoms with Crippen molar-refractivity contribution in [1.82, 2.24) is 5.32 Å². The van der Waals surface area contributed by atoms with Crippen LogP contribution in [0.1, 0.15) is 44.6 Å². The van der Waals surface area contributed by atoms with Gasteiger partial charge in [0, 0.05) is 0 Å². The monoisotopic (exact) mass is 291 g/mol. The topological polar surface area (TPSA) is 41.5 Å². The van der Waals surface area contributed by atoms with Gasteiger partial charge in [-0.3, -0.25) is 0 Å². The Morgan fingerprint density at radius 3 is 2.67 bits per heavy atom. The molecule has 3 nitrogen and oxygen atoms in total. The number of benzene rings is 1. The van der Waals surface area contributed by atoms with Crippen molar-refractivity contribution in [2.75, 3.05) is 20.3 Å². The minimum absolute atomic E-state index is 0.0391. The van der Waals surface area contributed by atoms with Gasteiger partial charge < -0.3 is 15.2 Å². The van der Waals surface area contributed by atoms with Crippen molar-refractivity contribution in [2.24, 2.45) is 5.92 Å². The van der Waals surface area contributed by atoms with Crippen molar-refractivity contribution in [3.8, 4) is 0 Å². The molecular weight excluding hydrogens is 262 g/mol. The number of ether oxygens (including phenoxy) is 1. The van der Waals surface area contributed by atoms with Gasteiger partial charge in [0.2, 0.25) is 0 Å². The lowest BCUT2D eigenvalue weighted by Gasteiger charge is -2.35. The average Bonchev–Trinajstić information content (AvgIpc) is 2.57. The van der Waals surface area contributed by atoms with E-state index < -0.39 is 5.54 Å². The Morgan fingerprint density at radius 2 is 2.05 bits per heavy atom. The largest absolute Gasteiger partial charge is 0.394 e. The first-order valence-electron chi connectivity index (χ1n) is 8.21. The molecule has 1 aromatic carbocycles. The molecule has 0 aliphatic heterocycles. The minimum atomic E-state index is -0.500. The third-order valence-electron chi connectivity index (χ3n) is 4.95. The quantitative estimate of drug-likeness (QED) is 0.811. The zero-order chi connectivity index (χ0) is 15.1. The highest BCUT2D eigenvalue weighted by Gasteiger charge is 2.32. The Kier molecular flexibility index (Phi) is 6.22. The first kappa shape index (κ1) is 16.5. The summed E-state index contributed by atoms with van der Waals surface area (Å²) in [4.78, 5) is 0. The molecule has 2 N–H and O–H groups in total. The summed E-state index contributed by atoms with van der Waals surface area (Å²) >= 11 is 0. The van der Waals surface area contributed by atoms with Crippen molar-refractivity contribution in [1.29, 1.82) is 0 Å². The lowest BCUT2D eigenvalue weighted by molar-refractivity contribution is -0.0335. The van der Waals surface area contributed by atoms with Gasteiger partial charge in [-0.15, -0.1) is 0 Å². The summed E-state index contributed by atoms with van der Waals surface area (Å²) in [7, 11) is 1.89. The summed E-state index contributed by atoms with van der Waals surface area (Å²) in [5.41, 5.74) is 0.582. The van der Waals surface area contributed by atoms with Crippen LogP contribution in [0.3, 0.4) is 0 Å². The fourth-order valence-corrected chi connectivity index (χ4v) is 3.30. The van der Waals surface area contributed by atoms with E-state index in [0.717, 1.165) is 24.3 Å². The zero-order valence-corrected chi connectivity index (χ0v) is 13.3. The molecule has 2 rings (SSSR count). The van der Waals surface area contributed by atoms with Crippen LogP contribution in [0.15, 0.2) is 30.3 Å². The van der Waals surface area contributed by atoms with Crippen LogP contribution in [0.2, 0.25) is 0 Å². The van der Waals surface area contributed by atoms with Crippen LogP contribution in [0.25, 0.3) is 0 Å². The molecule has 3 atom stereocenters. The zero-order valence-electron chi connectivity index (χ0n) is 13.3. The van der Waals surface area contributed by atoms with Crippen molar-refractivity contribution < 1.29 is 9.84 Å². The van der Waals surface area contributed by atoms with Gasteiger partial charge in [0.15, 0.2) is 0 Å². The smallest absolute Gasteiger partial charge is 0.0903 e. The summed E-state index contributed by atoms with van der Waals surface area (Å²) in [6.07, 6.45) is 6.50. The standard InChI is InChI=1S/C18H29NO2/c1-3-15-8-7-11-17(12-15)21-14-18(13-20,19-2)16-9-5-4-6-10-16/h4-6,9-10,15,17,19-20H,3,7-8,11-14H2,1-2H3. The summed E-state index contributed by atoms with van der Waals surface area (Å²) < 4.78 is 6.19. The molecule has 3 unspecified atom stereocenters. The van der Waals surface area contributed by atoms with Crippen LogP contribution < -0.4 is 5.32 Å². The molecule has 0 spiro atoms. The molecular formula is C18H29NO2. The second-order valence-electron chi connectivity index (χ2n) is 6.23. The predicted molar refractivity (Wildman–Crippen MR) is 86.3 cm³/mol. The van der Waals surface area contributed by atoms with Gasteiger partial charge >= 0.3 is 0 Å². The van der Waals surface area contributed by atoms with Crippen LogP contribution in [-0.4, -0.2) is 31.5 Å². The molecule has 0 saturated heterocycles. The van der Waals surface area contributed by atoms with E-state index in [0.29, 0.717) is 12.7 Å². The maximum atomic E-state index is 9.92. The van der Waals surface area contributed by atoms with Crippen LogP contribution in [-0.2, 0) is 10.3 Å². The van der Waals surface area contributed by atoms with Gasteiger partial charge in [0.1, 0.15) is 0 Å². The van der Waals surface area contributed by atoms with E-state index in [2.05, 4.69) is 12.2 Å². The van der Waals surface area contributed by atoms with Gasteiger partial charge in [-0.25, -0.2) is 0 Å². The molecule has 1 saturated carbocycles. The maximum absolute atomic E-state index is 9.92. The molecule has 118 valence electrons. The average molecular weight is 291 g/mol. The van der Waals surface area contributed by atoms with Crippen molar-refractivity contribution in [3.05, 3.63) is 35.9 Å². The predicted octanol–water partition coefficient (Wildman–Crippen LogP) is 3.08. The Morgan fingerprint density at radius 1 is 1.29 bits per heavy atom. The maximum Gasteiger partial charge on any atom is 0.0903 e. The lowest BCUT2D eigenvalue weighted by Crippen LogP contribution is -2.48. The van der Waals surface area contributed by atoms with Crippen molar-refractivity contribution in [3.63, 3.8) is 0 Å². The fourth-order valence-electron chi connectivity index (χ4n) is 3.30. The second-order valence-corrected chi connectivity index (χ2v) is 6.23. The third-order valence-corrected chi connectivity index (χ3v) is 4.95. The van der Waals surface area contributed by atoms with Crippen LogP contribution >= 0.6 is 0 Å². The highest BCUT2D eigenvalue weighted by atomic mass is 16.5. The van der Waals surface area contributed by atoms with Gasteiger partial charge in [-0.2, -0.15) is 0 Å². The molecule has 21 heavy (non-hydrogen) atoms. The summed E-state index contributed by atoms with van der Waals surface area (Å²) in [6.45, 7) is 2.82. The first-order chi connectivity index (χ1) is 10.2. The summed E-state index contributed by atoms with van der Waals surface area (Å²) in [5, 5.41) is 13.2. The van der Waals surface area contributed by atoms with Gasteiger partial charge in [-0.05, 0) is 31.4 Å². The van der Waals surface area contributed by atoms with Gasteiger partial charge in [0.05, 0.1) is 24.9 Å². The van der Waals surface area contributed by atoms with E-state index in [1.807, 2.05) is 37.4 Å². The Labute approximate surface area is 128 Å². The molecule has 0 aromatic heterocycles. The number of aliphatic hydroxyl groups excluding tert-OH is 1. The van der Waals surface area contributed by atoms with Crippen LogP contribution in [0.5, 0.6) is 0 Å². The van der Waals surface area contributed by atoms with Crippen LogP contribution in [0.4, 0.5) is 0 Å². The molecule has 1 aliphatic rings. The number of aliphatic hydroxyl groups is 1. The van der Waals surface area contributed by atoms with Crippen LogP contribution in [0, 0.1) is 5.92 Å². The minimum Gasteiger partial charge on any atom is -0.394 e. The van der Waals surface area contributed by atoms with E-state index >= 15 is 0 Å². The SMILES string of the molecule is CCC1CCCC(OCC(CO)(NC)c2ccccc2)C1. The number of hydrogen-bond acceptors (Lipinski definition) is 3. The molecule has 0 bridgehead atoms. The Balaban J connectivity index is 2.00. The molecule has 1 aliphatic carbocycles. The highest BCUT2D eigenvalue weighted by Crippen LogP contribution is 2.30. The molecule has 0 amide bonds. The number of hydrogen-bond donors (Lipinski definition) is 2. The normalized spacial score (nSPS) is 25.5. The lowest BCUT2D eigenvalue weighted by atomic mass is 9.85. The highest BCUT2D eigenvalue weighted by molar-refractivity contribution is 5.24. The Bertz CT molecular complexity index is 403. The van der Waals surface area contributed by atoms with E-state index in [9.17, 15) is 5.11 Å². The first-order valence-corrected chi connectivity index (χ1v) is 8.21. The van der Waals surface area contributed by atoms with Gasteiger partial charge in [0.25, 0.3) is 0 Å². The molecule has 1 aromatic rings. The molecule has 0 heterocycles. The fraction of sp³-hybridized carbons (Fsp3) is 0.667. The Hall–Kier alpha value is -0.900. The molecule has 0 radical (unpaired) electrons. The summed E-state index contributed by atoms with van der Waals surface area (Å²) in [5.74, 6) is 0.804. The molecule has 3 heteroatoms. The molecule has 1 fully saturated rings. The van der Waals surface area contributed by atoms with E-state index in [4.69, 9.17) is 4.74 Å². The van der Waals surface area contributed by atoms with E-state index in [1.165, 1.54) is 19.3 Å². The van der Waals surface area contributed by atoms with Crippen molar-refractivity contribution in [2.45, 2.75) is 50.7 Å². The van der Waals surface area contributed by atoms with Crippen molar-refractivity contribution >= 4 is 0 Å². The number of rotatable bonds is 7. The number of likely N-dealkylation sites (N-methyl/N-ethyl adjacent to an activating group) is 1.